The lowest BCUT2D eigenvalue weighted by molar-refractivity contribution is 1.11. The van der Waals surface area contributed by atoms with Gasteiger partial charge in [-0.1, -0.05) is 13.8 Å². The van der Waals surface area contributed by atoms with Crippen molar-refractivity contribution in [2.24, 2.45) is 0 Å². The molecule has 0 amide bonds. The van der Waals surface area contributed by atoms with Crippen molar-refractivity contribution in [3.05, 3.63) is 0 Å². The van der Waals surface area contributed by atoms with Crippen molar-refractivity contribution in [3.63, 3.8) is 0 Å². The quantitative estimate of drug-likeness (QED) is 0.325. The molecule has 0 saturated carbocycles. The monoisotopic (exact) mass is 88.1 g/mol. The molecule has 0 bridgehead atoms. The maximum absolute atomic E-state index is 2.23. The van der Waals surface area contributed by atoms with E-state index in [0.717, 1.165) is 14.1 Å². The molecule has 0 aliphatic carbocycles. The van der Waals surface area contributed by atoms with E-state index in [9.17, 15) is 0 Å². The van der Waals surface area contributed by atoms with E-state index in [0.29, 0.717) is 0 Å². The molecule has 1 atom stereocenters. The smallest absolute Gasteiger partial charge is 0.130 e. The summed E-state index contributed by atoms with van der Waals surface area (Å²) in [6, 6.07) is 0. The molecule has 30 valence electrons. The van der Waals surface area contributed by atoms with Crippen LogP contribution in [0.3, 0.4) is 0 Å². The van der Waals surface area contributed by atoms with Gasteiger partial charge in [0.1, 0.15) is 7.57 Å². The molecule has 0 N–H and O–H groups in total. The molecule has 0 aromatic rings. The Labute approximate surface area is 36.5 Å². The first-order valence-corrected chi connectivity index (χ1v) is 3.52. The molecule has 0 rings (SSSR count). The minimum absolute atomic E-state index is 0.912. The van der Waals surface area contributed by atoms with E-state index in [1.165, 1.54) is 0 Å². The molecule has 0 aliphatic heterocycles. The molecule has 0 nitrogen and oxygen atoms in total. The van der Waals surface area contributed by atoms with Gasteiger partial charge in [-0.05, 0) is 5.66 Å². The fourth-order valence-electron chi connectivity index (χ4n) is 0. The second-order valence-corrected chi connectivity index (χ2v) is 3.18. The number of hydrogen-bond acceptors (Lipinski definition) is 0. The molecule has 0 saturated heterocycles. The summed E-state index contributed by atoms with van der Waals surface area (Å²) in [5, 5.41) is 0. The third-order valence-electron chi connectivity index (χ3n) is 0.577. The van der Waals surface area contributed by atoms with Crippen molar-refractivity contribution in [1.29, 1.82) is 0 Å². The molecular weight excluding hydrogens is 77.8 g/mol. The molecule has 2 heteroatoms. The lowest BCUT2D eigenvalue weighted by Crippen LogP contribution is -1.77. The van der Waals surface area contributed by atoms with Crippen LogP contribution in [0.5, 0.6) is 0 Å². The van der Waals surface area contributed by atoms with Crippen LogP contribution in [0.1, 0.15) is 13.8 Å². The highest BCUT2D eigenvalue weighted by Gasteiger charge is 1.79. The van der Waals surface area contributed by atoms with Crippen molar-refractivity contribution < 1.29 is 0 Å². The van der Waals surface area contributed by atoms with Gasteiger partial charge >= 0.3 is 0 Å². The minimum atomic E-state index is 0.912. The first-order valence-electron chi connectivity index (χ1n) is 1.94. The highest BCUT2D eigenvalue weighted by atomic mass is 31.1. The predicted octanol–water partition coefficient (Wildman–Crippen LogP) is 0.621. The average Bonchev–Trinajstić information content (AvgIpc) is 1.38. The van der Waals surface area contributed by atoms with E-state index in [1.807, 2.05) is 0 Å². The van der Waals surface area contributed by atoms with Crippen LogP contribution in [0.15, 0.2) is 0 Å². The molecule has 1 unspecified atom stereocenters. The van der Waals surface area contributed by atoms with Gasteiger partial charge in [0, 0.05) is 0 Å². The zero-order valence-electron chi connectivity index (χ0n) is 4.08. The second-order valence-electron chi connectivity index (χ2n) is 1.44. The first-order chi connectivity index (χ1) is 2.27. The maximum Gasteiger partial charge on any atom is 0.130 e. The fraction of sp³-hybridized carbons (Fsp3) is 1.00. The van der Waals surface area contributed by atoms with Crippen LogP contribution in [-0.4, -0.2) is 13.2 Å². The van der Waals surface area contributed by atoms with E-state index in [1.54, 1.807) is 0 Å². The Morgan fingerprint density at radius 1 is 1.60 bits per heavy atom. The van der Waals surface area contributed by atoms with Gasteiger partial charge in [-0.25, -0.2) is 0 Å². The molecule has 0 aliphatic rings. The molecule has 0 aromatic carbocycles. The predicted molar refractivity (Wildman–Crippen MR) is 32.0 cm³/mol. The van der Waals surface area contributed by atoms with Gasteiger partial charge < -0.3 is 0 Å². The summed E-state index contributed by atoms with van der Waals surface area (Å²) in [6.45, 7) is 4.47. The van der Waals surface area contributed by atoms with Crippen LogP contribution >= 0.6 is 8.46 Å². The Morgan fingerprint density at radius 2 is 1.80 bits per heavy atom. The zero-order valence-corrected chi connectivity index (χ0v) is 5.08. The largest absolute Gasteiger partial charge is 0.161 e. The normalized spacial score (nSPS) is 11.8. The Kier molecular flexibility index (Phi) is 2.99. The van der Waals surface area contributed by atoms with E-state index < -0.39 is 0 Å². The van der Waals surface area contributed by atoms with Crippen molar-refractivity contribution in [3.8, 4) is 0 Å². The Balaban J connectivity index is 2.54. The molecule has 0 spiro atoms. The topological polar surface area (TPSA) is 0 Å². The molecular formula is C3H10BP. The van der Waals surface area contributed by atoms with Crippen LogP contribution in [0, 0.1) is 0 Å². The van der Waals surface area contributed by atoms with Crippen LogP contribution in [-0.2, 0) is 0 Å². The van der Waals surface area contributed by atoms with Gasteiger partial charge in [0.15, 0.2) is 0 Å². The second kappa shape index (κ2) is 2.72. The molecule has 0 radical (unpaired) electrons. The van der Waals surface area contributed by atoms with Gasteiger partial charge in [0.05, 0.1) is 0 Å². The highest BCUT2D eigenvalue weighted by Crippen LogP contribution is 2.08. The van der Waals surface area contributed by atoms with Crippen molar-refractivity contribution in [2.45, 2.75) is 19.5 Å². The molecule has 0 aromatic heterocycles. The van der Waals surface area contributed by atoms with Gasteiger partial charge in [-0.15, -0.1) is 0 Å². The fourth-order valence-corrected chi connectivity index (χ4v) is 0. The van der Waals surface area contributed by atoms with E-state index in [-0.39, 0.29) is 0 Å². The standard InChI is InChI=1S/C3H10BP/c1-3(2)5-4/h3,5H,4H2,1-2H3. The summed E-state index contributed by atoms with van der Waals surface area (Å²) in [7, 11) is 3.34. The Hall–Kier alpha value is 0.495. The van der Waals surface area contributed by atoms with Crippen LogP contribution in [0.25, 0.3) is 0 Å². The summed E-state index contributed by atoms with van der Waals surface area (Å²) in [5.74, 6) is 0. The van der Waals surface area contributed by atoms with Crippen molar-refractivity contribution in [1.82, 2.24) is 0 Å². The number of hydrogen-bond donors (Lipinski definition) is 0. The van der Waals surface area contributed by atoms with Gasteiger partial charge in [-0.2, -0.15) is 8.46 Å². The summed E-state index contributed by atoms with van der Waals surface area (Å²) < 4.78 is 0. The van der Waals surface area contributed by atoms with Crippen molar-refractivity contribution >= 4 is 16.0 Å². The van der Waals surface area contributed by atoms with Crippen LogP contribution in [0.4, 0.5) is 0 Å². The third-order valence-corrected chi connectivity index (χ3v) is 1.73. The zero-order chi connectivity index (χ0) is 4.28. The van der Waals surface area contributed by atoms with E-state index >= 15 is 0 Å². The summed E-state index contributed by atoms with van der Waals surface area (Å²) >= 11 is 0. The molecule has 5 heavy (non-hydrogen) atoms. The first kappa shape index (κ1) is 5.49. The minimum Gasteiger partial charge on any atom is -0.161 e. The Morgan fingerprint density at radius 3 is 1.80 bits per heavy atom. The van der Waals surface area contributed by atoms with Gasteiger partial charge in [0.25, 0.3) is 0 Å². The van der Waals surface area contributed by atoms with Gasteiger partial charge in [0.2, 0.25) is 0 Å². The highest BCUT2D eigenvalue weighted by molar-refractivity contribution is 7.66. The van der Waals surface area contributed by atoms with Crippen molar-refractivity contribution in [2.75, 3.05) is 0 Å². The summed E-state index contributed by atoms with van der Waals surface area (Å²) in [4.78, 5) is 0. The lowest BCUT2D eigenvalue weighted by Gasteiger charge is -1.91. The SMILES string of the molecule is BPC(C)C. The van der Waals surface area contributed by atoms with Gasteiger partial charge in [-0.3, -0.25) is 0 Å². The average molecular weight is 87.9 g/mol. The van der Waals surface area contributed by atoms with Crippen LogP contribution < -0.4 is 0 Å². The third kappa shape index (κ3) is 4.49. The van der Waals surface area contributed by atoms with E-state index in [2.05, 4.69) is 21.4 Å². The summed E-state index contributed by atoms with van der Waals surface area (Å²) in [5.41, 5.74) is 0.912. The maximum atomic E-state index is 2.23. The Bertz CT molecular complexity index is 20.9. The molecule has 0 heterocycles. The lowest BCUT2D eigenvalue weighted by atomic mass is 10.6. The molecule has 0 fully saturated rings. The van der Waals surface area contributed by atoms with E-state index in [4.69, 9.17) is 0 Å². The van der Waals surface area contributed by atoms with Crippen LogP contribution in [0.2, 0.25) is 0 Å². The number of rotatable bonds is 1. The summed E-state index contributed by atoms with van der Waals surface area (Å²) in [6.07, 6.45) is 0.